The Hall–Kier alpha value is -0.390. The first kappa shape index (κ1) is 16.0. The third kappa shape index (κ3) is 3.62. The van der Waals surface area contributed by atoms with Gasteiger partial charge >= 0.3 is 0 Å². The lowest BCUT2D eigenvalue weighted by Gasteiger charge is -2.32. The number of benzene rings is 1. The topological polar surface area (TPSA) is 60.2 Å². The van der Waals surface area contributed by atoms with Gasteiger partial charge in [-0.2, -0.15) is 0 Å². The van der Waals surface area contributed by atoms with Crippen LogP contribution in [0.2, 0.25) is 0 Å². The Labute approximate surface area is 130 Å². The lowest BCUT2D eigenvalue weighted by molar-refractivity contribution is 0.308. The number of sulfone groups is 1. The lowest BCUT2D eigenvalue weighted by atomic mass is 9.81. The predicted molar refractivity (Wildman–Crippen MR) is 86.4 cm³/mol. The highest BCUT2D eigenvalue weighted by Crippen LogP contribution is 2.37. The van der Waals surface area contributed by atoms with Gasteiger partial charge in [0.2, 0.25) is 0 Å². The van der Waals surface area contributed by atoms with Gasteiger partial charge in [-0.1, -0.05) is 34.5 Å². The second-order valence-electron chi connectivity index (χ2n) is 5.93. The Morgan fingerprint density at radius 1 is 1.35 bits per heavy atom. The van der Waals surface area contributed by atoms with E-state index in [-0.39, 0.29) is 17.2 Å². The number of aryl methyl sites for hydroxylation is 1. The molecule has 1 aliphatic carbocycles. The fourth-order valence-electron chi connectivity index (χ4n) is 3.05. The van der Waals surface area contributed by atoms with Crippen molar-refractivity contribution in [2.24, 2.45) is 11.7 Å². The van der Waals surface area contributed by atoms with Gasteiger partial charge in [0, 0.05) is 16.8 Å². The maximum absolute atomic E-state index is 11.8. The molecule has 2 rings (SSSR count). The molecule has 2 N–H and O–H groups in total. The molecule has 3 nitrogen and oxygen atoms in total. The van der Waals surface area contributed by atoms with Gasteiger partial charge in [-0.25, -0.2) is 8.42 Å². The quantitative estimate of drug-likeness (QED) is 0.899. The Balaban J connectivity index is 2.18. The zero-order chi connectivity index (χ0) is 14.9. The van der Waals surface area contributed by atoms with Crippen LogP contribution >= 0.6 is 15.9 Å². The Kier molecular flexibility index (Phi) is 4.92. The van der Waals surface area contributed by atoms with Gasteiger partial charge in [0.25, 0.3) is 0 Å². The lowest BCUT2D eigenvalue weighted by Crippen LogP contribution is -2.33. The summed E-state index contributed by atoms with van der Waals surface area (Å²) in [4.78, 5) is 0. The van der Waals surface area contributed by atoms with Crippen LogP contribution in [0.3, 0.4) is 0 Å². The summed E-state index contributed by atoms with van der Waals surface area (Å²) in [5.74, 6) is 0.238. The van der Waals surface area contributed by atoms with Gasteiger partial charge < -0.3 is 5.73 Å². The molecule has 3 atom stereocenters. The summed E-state index contributed by atoms with van der Waals surface area (Å²) >= 11 is 3.57. The van der Waals surface area contributed by atoms with E-state index in [2.05, 4.69) is 28.1 Å². The minimum Gasteiger partial charge on any atom is -0.324 e. The second kappa shape index (κ2) is 6.16. The molecule has 1 aromatic rings. The molecule has 3 unspecified atom stereocenters. The molecule has 5 heteroatoms. The summed E-state index contributed by atoms with van der Waals surface area (Å²) in [6.45, 7) is 2.04. The molecule has 0 bridgehead atoms. The Morgan fingerprint density at radius 2 is 2.05 bits per heavy atom. The summed E-state index contributed by atoms with van der Waals surface area (Å²) in [6.07, 6.45) is 4.75. The van der Waals surface area contributed by atoms with Crippen molar-refractivity contribution in [2.75, 3.05) is 6.26 Å². The molecule has 0 heterocycles. The van der Waals surface area contributed by atoms with E-state index >= 15 is 0 Å². The van der Waals surface area contributed by atoms with Crippen LogP contribution in [-0.4, -0.2) is 19.9 Å². The minimum absolute atomic E-state index is 0.102. The normalized spacial score (nSPS) is 25.4. The van der Waals surface area contributed by atoms with Crippen molar-refractivity contribution in [2.45, 2.75) is 43.9 Å². The Bertz CT molecular complexity index is 586. The number of halogens is 1. The van der Waals surface area contributed by atoms with Crippen molar-refractivity contribution >= 4 is 25.8 Å². The van der Waals surface area contributed by atoms with E-state index in [0.717, 1.165) is 29.3 Å². The summed E-state index contributed by atoms with van der Waals surface area (Å²) < 4.78 is 24.5. The van der Waals surface area contributed by atoms with Gasteiger partial charge in [0.05, 0.1) is 5.25 Å². The summed E-state index contributed by atoms with van der Waals surface area (Å²) in [5.41, 5.74) is 8.67. The van der Waals surface area contributed by atoms with E-state index in [4.69, 9.17) is 5.73 Å². The highest BCUT2D eigenvalue weighted by atomic mass is 79.9. The first-order valence-electron chi connectivity index (χ1n) is 6.99. The number of nitrogens with two attached hydrogens (primary N) is 1. The smallest absolute Gasteiger partial charge is 0.150 e. The van der Waals surface area contributed by atoms with Crippen molar-refractivity contribution in [3.8, 4) is 0 Å². The first-order valence-corrected chi connectivity index (χ1v) is 9.74. The SMILES string of the molecule is Cc1ccc(C(N)C2CCCC(S(C)(=O)=O)C2)c(Br)c1. The van der Waals surface area contributed by atoms with Gasteiger partial charge in [0.15, 0.2) is 0 Å². The van der Waals surface area contributed by atoms with Crippen LogP contribution in [0.25, 0.3) is 0 Å². The van der Waals surface area contributed by atoms with Gasteiger partial charge in [-0.15, -0.1) is 0 Å². The standard InChI is InChI=1S/C15H22BrNO2S/c1-10-6-7-13(14(16)8-10)15(17)11-4-3-5-12(9-11)20(2,18)19/h6-8,11-12,15H,3-5,9,17H2,1-2H3. The highest BCUT2D eigenvalue weighted by Gasteiger charge is 2.32. The second-order valence-corrected chi connectivity index (χ2v) is 9.11. The average Bonchev–Trinajstić information content (AvgIpc) is 2.37. The van der Waals surface area contributed by atoms with Crippen molar-refractivity contribution in [1.29, 1.82) is 0 Å². The molecular formula is C15H22BrNO2S. The summed E-state index contributed by atoms with van der Waals surface area (Å²) in [5, 5.41) is -0.225. The van der Waals surface area contributed by atoms with Gasteiger partial charge in [-0.3, -0.25) is 0 Å². The maximum atomic E-state index is 11.8. The molecule has 112 valence electrons. The largest absolute Gasteiger partial charge is 0.324 e. The van der Waals surface area contributed by atoms with Crippen LogP contribution in [0, 0.1) is 12.8 Å². The molecule has 1 aliphatic rings. The average molecular weight is 360 g/mol. The van der Waals surface area contributed by atoms with Crippen molar-refractivity contribution < 1.29 is 8.42 Å². The molecular weight excluding hydrogens is 338 g/mol. The molecule has 0 aromatic heterocycles. The molecule has 0 saturated heterocycles. The van der Waals surface area contributed by atoms with Crippen LogP contribution in [0.5, 0.6) is 0 Å². The maximum Gasteiger partial charge on any atom is 0.150 e. The summed E-state index contributed by atoms with van der Waals surface area (Å²) in [6, 6.07) is 6.06. The van der Waals surface area contributed by atoms with Crippen LogP contribution in [0.1, 0.15) is 42.9 Å². The van der Waals surface area contributed by atoms with Crippen LogP contribution < -0.4 is 5.73 Å². The van der Waals surface area contributed by atoms with Gasteiger partial charge in [0.1, 0.15) is 9.84 Å². The fourth-order valence-corrected chi connectivity index (χ4v) is 5.00. The van der Waals surface area contributed by atoms with Crippen molar-refractivity contribution in [3.63, 3.8) is 0 Å². The zero-order valence-electron chi connectivity index (χ0n) is 12.0. The van der Waals surface area contributed by atoms with Crippen molar-refractivity contribution in [1.82, 2.24) is 0 Å². The van der Waals surface area contributed by atoms with Gasteiger partial charge in [-0.05, 0) is 49.3 Å². The van der Waals surface area contributed by atoms with E-state index in [1.807, 2.05) is 13.0 Å². The highest BCUT2D eigenvalue weighted by molar-refractivity contribution is 9.10. The summed E-state index contributed by atoms with van der Waals surface area (Å²) in [7, 11) is -2.96. The number of hydrogen-bond acceptors (Lipinski definition) is 3. The fraction of sp³-hybridized carbons (Fsp3) is 0.600. The molecule has 0 aliphatic heterocycles. The van der Waals surface area contributed by atoms with E-state index in [9.17, 15) is 8.42 Å². The van der Waals surface area contributed by atoms with Crippen molar-refractivity contribution in [3.05, 3.63) is 33.8 Å². The molecule has 20 heavy (non-hydrogen) atoms. The van der Waals surface area contributed by atoms with E-state index in [1.54, 1.807) is 0 Å². The molecule has 0 amide bonds. The van der Waals surface area contributed by atoms with E-state index in [1.165, 1.54) is 11.8 Å². The number of hydrogen-bond donors (Lipinski definition) is 1. The monoisotopic (exact) mass is 359 g/mol. The molecule has 1 fully saturated rings. The van der Waals surface area contributed by atoms with Crippen LogP contribution in [0.4, 0.5) is 0 Å². The minimum atomic E-state index is -2.96. The van der Waals surface area contributed by atoms with E-state index < -0.39 is 9.84 Å². The number of rotatable bonds is 3. The van der Waals surface area contributed by atoms with Crippen LogP contribution in [0.15, 0.2) is 22.7 Å². The molecule has 1 aromatic carbocycles. The third-order valence-electron chi connectivity index (χ3n) is 4.30. The predicted octanol–water partition coefficient (Wildman–Crippen LogP) is 3.36. The Morgan fingerprint density at radius 3 is 2.65 bits per heavy atom. The van der Waals surface area contributed by atoms with E-state index in [0.29, 0.717) is 6.42 Å². The molecule has 0 radical (unpaired) electrons. The van der Waals surface area contributed by atoms with Crippen LogP contribution in [-0.2, 0) is 9.84 Å². The molecule has 1 saturated carbocycles. The zero-order valence-corrected chi connectivity index (χ0v) is 14.4. The molecule has 0 spiro atoms. The third-order valence-corrected chi connectivity index (χ3v) is 6.62. The first-order chi connectivity index (χ1) is 9.29.